The Morgan fingerprint density at radius 3 is 2.06 bits per heavy atom. The summed E-state index contributed by atoms with van der Waals surface area (Å²) in [6, 6.07) is 14.3. The second-order valence-electron chi connectivity index (χ2n) is 9.19. The van der Waals surface area contributed by atoms with Gasteiger partial charge < -0.3 is 20.5 Å². The standard InChI is InChI=1S/C27H34N2O5/c1-4-5-14-23(25(30)28-24(26(31)32)15-17(2)3)29-27(33)34-16-22-20-12-8-6-10-18(20)19-11-7-9-13-21(19)22/h6-13,17,22-24H,4-5,14-16H2,1-3H3,(H,28,30)(H,29,33)(H,31,32). The highest BCUT2D eigenvalue weighted by Crippen LogP contribution is 2.44. The van der Waals surface area contributed by atoms with Crippen molar-refractivity contribution in [1.82, 2.24) is 10.6 Å². The Bertz CT molecular complexity index is 974. The molecule has 0 spiro atoms. The number of carboxylic acids is 1. The highest BCUT2D eigenvalue weighted by Gasteiger charge is 2.30. The number of hydrogen-bond donors (Lipinski definition) is 3. The second-order valence-corrected chi connectivity index (χ2v) is 9.19. The third-order valence-electron chi connectivity index (χ3n) is 6.12. The molecule has 0 bridgehead atoms. The van der Waals surface area contributed by atoms with Crippen molar-refractivity contribution in [2.45, 2.75) is 64.5 Å². The smallest absolute Gasteiger partial charge is 0.407 e. The molecule has 0 saturated heterocycles. The van der Waals surface area contributed by atoms with Crippen molar-refractivity contribution >= 4 is 18.0 Å². The van der Waals surface area contributed by atoms with Gasteiger partial charge in [0.25, 0.3) is 0 Å². The molecule has 3 N–H and O–H groups in total. The van der Waals surface area contributed by atoms with Crippen LogP contribution < -0.4 is 10.6 Å². The number of rotatable bonds is 11. The molecule has 0 saturated carbocycles. The molecular weight excluding hydrogens is 432 g/mol. The molecular formula is C27H34N2O5. The molecule has 7 heteroatoms. The Kier molecular flexibility index (Phi) is 8.68. The lowest BCUT2D eigenvalue weighted by molar-refractivity contribution is -0.142. The number of hydrogen-bond acceptors (Lipinski definition) is 4. The van der Waals surface area contributed by atoms with Crippen molar-refractivity contribution in [3.05, 3.63) is 59.7 Å². The molecule has 1 aliphatic carbocycles. The number of carbonyl (C=O) groups excluding carboxylic acids is 2. The maximum absolute atomic E-state index is 12.8. The van der Waals surface area contributed by atoms with Gasteiger partial charge in [0.05, 0.1) is 0 Å². The zero-order valence-corrected chi connectivity index (χ0v) is 20.0. The Balaban J connectivity index is 1.65. The van der Waals surface area contributed by atoms with Gasteiger partial charge in [-0.15, -0.1) is 0 Å². The first-order valence-electron chi connectivity index (χ1n) is 12.0. The van der Waals surface area contributed by atoms with Crippen molar-refractivity contribution in [2.75, 3.05) is 6.61 Å². The number of unbranched alkanes of at least 4 members (excludes halogenated alkanes) is 1. The van der Waals surface area contributed by atoms with Crippen LogP contribution in [0.15, 0.2) is 48.5 Å². The zero-order chi connectivity index (χ0) is 24.7. The number of alkyl carbamates (subject to hydrolysis) is 1. The van der Waals surface area contributed by atoms with E-state index in [0.717, 1.165) is 28.7 Å². The summed E-state index contributed by atoms with van der Waals surface area (Å²) in [5, 5.41) is 14.7. The van der Waals surface area contributed by atoms with Crippen LogP contribution in [0.5, 0.6) is 0 Å². The largest absolute Gasteiger partial charge is 0.480 e. The molecule has 0 aliphatic heterocycles. The van der Waals surface area contributed by atoms with Gasteiger partial charge in [0.15, 0.2) is 0 Å². The lowest BCUT2D eigenvalue weighted by Gasteiger charge is -2.22. The predicted molar refractivity (Wildman–Crippen MR) is 131 cm³/mol. The molecule has 0 aromatic heterocycles. The van der Waals surface area contributed by atoms with Gasteiger partial charge in [-0.05, 0) is 41.0 Å². The molecule has 182 valence electrons. The van der Waals surface area contributed by atoms with Gasteiger partial charge in [-0.2, -0.15) is 0 Å². The molecule has 34 heavy (non-hydrogen) atoms. The molecule has 1 aliphatic rings. The van der Waals surface area contributed by atoms with E-state index in [1.807, 2.05) is 57.2 Å². The Labute approximate surface area is 200 Å². The van der Waals surface area contributed by atoms with Gasteiger partial charge in [0.1, 0.15) is 18.7 Å². The van der Waals surface area contributed by atoms with Crippen molar-refractivity contribution in [1.29, 1.82) is 0 Å². The van der Waals surface area contributed by atoms with Crippen molar-refractivity contribution in [2.24, 2.45) is 5.92 Å². The summed E-state index contributed by atoms with van der Waals surface area (Å²) in [6.45, 7) is 5.92. The van der Waals surface area contributed by atoms with Crippen molar-refractivity contribution < 1.29 is 24.2 Å². The minimum absolute atomic E-state index is 0.0801. The average Bonchev–Trinajstić information content (AvgIpc) is 3.13. The van der Waals surface area contributed by atoms with E-state index in [9.17, 15) is 19.5 Å². The molecule has 0 fully saturated rings. The van der Waals surface area contributed by atoms with Crippen LogP contribution in [0, 0.1) is 5.92 Å². The normalized spacial score (nSPS) is 14.1. The fourth-order valence-corrected chi connectivity index (χ4v) is 4.42. The highest BCUT2D eigenvalue weighted by molar-refractivity contribution is 5.89. The number of amides is 2. The number of nitrogens with one attached hydrogen (secondary N) is 2. The first-order chi connectivity index (χ1) is 16.3. The van der Waals surface area contributed by atoms with Crippen LogP contribution in [0.3, 0.4) is 0 Å². The van der Waals surface area contributed by atoms with Crippen molar-refractivity contribution in [3.63, 3.8) is 0 Å². The summed E-state index contributed by atoms with van der Waals surface area (Å²) in [6.07, 6.45) is 1.58. The lowest BCUT2D eigenvalue weighted by Crippen LogP contribution is -2.52. The number of fused-ring (bicyclic) bond motifs is 3. The Morgan fingerprint density at radius 2 is 1.53 bits per heavy atom. The van der Waals surface area contributed by atoms with Gasteiger partial charge in [-0.1, -0.05) is 82.1 Å². The Morgan fingerprint density at radius 1 is 0.941 bits per heavy atom. The molecule has 2 amide bonds. The minimum atomic E-state index is -1.09. The predicted octanol–water partition coefficient (Wildman–Crippen LogP) is 4.70. The van der Waals surface area contributed by atoms with E-state index in [1.165, 1.54) is 0 Å². The van der Waals surface area contributed by atoms with Gasteiger partial charge in [0, 0.05) is 5.92 Å². The maximum Gasteiger partial charge on any atom is 0.407 e. The first kappa shape index (κ1) is 25.3. The molecule has 0 radical (unpaired) electrons. The molecule has 2 atom stereocenters. The van der Waals surface area contributed by atoms with E-state index < -0.39 is 30.1 Å². The molecule has 0 heterocycles. The van der Waals surface area contributed by atoms with E-state index in [-0.39, 0.29) is 18.4 Å². The fraction of sp³-hybridized carbons (Fsp3) is 0.444. The van der Waals surface area contributed by atoms with Crippen LogP contribution in [0.4, 0.5) is 4.79 Å². The number of carbonyl (C=O) groups is 3. The summed E-state index contributed by atoms with van der Waals surface area (Å²) in [4.78, 5) is 37.0. The van der Waals surface area contributed by atoms with Crippen molar-refractivity contribution in [3.8, 4) is 11.1 Å². The quantitative estimate of drug-likeness (QED) is 0.445. The number of ether oxygens (including phenoxy) is 1. The molecule has 7 nitrogen and oxygen atoms in total. The monoisotopic (exact) mass is 466 g/mol. The van der Waals surface area contributed by atoms with Crippen LogP contribution in [-0.2, 0) is 14.3 Å². The SMILES string of the molecule is CCCCC(NC(=O)OCC1c2ccccc2-c2ccccc21)C(=O)NC(CC(C)C)C(=O)O. The zero-order valence-electron chi connectivity index (χ0n) is 20.0. The summed E-state index contributed by atoms with van der Waals surface area (Å²) >= 11 is 0. The first-order valence-corrected chi connectivity index (χ1v) is 12.0. The number of carboxylic acid groups (broad SMARTS) is 1. The summed E-state index contributed by atoms with van der Waals surface area (Å²) < 4.78 is 5.57. The second kappa shape index (κ2) is 11.7. The summed E-state index contributed by atoms with van der Waals surface area (Å²) in [7, 11) is 0. The lowest BCUT2D eigenvalue weighted by atomic mass is 9.98. The van der Waals surface area contributed by atoms with Crippen LogP contribution in [0.2, 0.25) is 0 Å². The van der Waals surface area contributed by atoms with E-state index in [4.69, 9.17) is 4.74 Å². The third-order valence-corrected chi connectivity index (χ3v) is 6.12. The van der Waals surface area contributed by atoms with Gasteiger partial charge in [0.2, 0.25) is 5.91 Å². The van der Waals surface area contributed by atoms with E-state index >= 15 is 0 Å². The molecule has 2 aromatic rings. The fourth-order valence-electron chi connectivity index (χ4n) is 4.42. The molecule has 2 unspecified atom stereocenters. The maximum atomic E-state index is 12.8. The van der Waals surface area contributed by atoms with Crippen LogP contribution in [0.1, 0.15) is 63.5 Å². The third kappa shape index (κ3) is 6.16. The molecule has 3 rings (SSSR count). The van der Waals surface area contributed by atoms with E-state index in [2.05, 4.69) is 22.8 Å². The summed E-state index contributed by atoms with van der Waals surface area (Å²) in [5.41, 5.74) is 4.49. The van der Waals surface area contributed by atoms with Crippen LogP contribution >= 0.6 is 0 Å². The average molecular weight is 467 g/mol. The van der Waals surface area contributed by atoms with E-state index in [1.54, 1.807) is 0 Å². The molecule has 2 aromatic carbocycles. The Hall–Kier alpha value is -3.35. The van der Waals surface area contributed by atoms with Crippen LogP contribution in [0.25, 0.3) is 11.1 Å². The van der Waals surface area contributed by atoms with Gasteiger partial charge in [-0.25, -0.2) is 9.59 Å². The number of aliphatic carboxylic acids is 1. The van der Waals surface area contributed by atoms with E-state index in [0.29, 0.717) is 19.3 Å². The van der Waals surface area contributed by atoms with Gasteiger partial charge in [-0.3, -0.25) is 4.79 Å². The highest BCUT2D eigenvalue weighted by atomic mass is 16.5. The van der Waals surface area contributed by atoms with Crippen LogP contribution in [-0.4, -0.2) is 41.8 Å². The number of benzene rings is 2. The van der Waals surface area contributed by atoms with Gasteiger partial charge >= 0.3 is 12.1 Å². The topological polar surface area (TPSA) is 105 Å². The summed E-state index contributed by atoms with van der Waals surface area (Å²) in [5.74, 6) is -1.57. The minimum Gasteiger partial charge on any atom is -0.480 e.